The Morgan fingerprint density at radius 1 is 1.24 bits per heavy atom. The van der Waals surface area contributed by atoms with Crippen molar-refractivity contribution < 1.29 is 13.9 Å². The number of ether oxygens (including phenoxy) is 1. The van der Waals surface area contributed by atoms with Gasteiger partial charge in [-0.3, -0.25) is 9.48 Å². The normalized spacial score (nSPS) is 15.6. The summed E-state index contributed by atoms with van der Waals surface area (Å²) in [4.78, 5) is 14.6. The van der Waals surface area contributed by atoms with Gasteiger partial charge in [0.1, 0.15) is 11.8 Å². The number of halogens is 2. The summed E-state index contributed by atoms with van der Waals surface area (Å²) in [5.41, 5.74) is 8.53. The number of carbonyl (C=O) groups is 1. The maximum Gasteiger partial charge on any atom is 0.227 e. The van der Waals surface area contributed by atoms with Crippen molar-refractivity contribution in [2.75, 3.05) is 17.2 Å². The van der Waals surface area contributed by atoms with Crippen molar-refractivity contribution in [2.45, 2.75) is 12.3 Å². The third kappa shape index (κ3) is 3.70. The summed E-state index contributed by atoms with van der Waals surface area (Å²) >= 11 is 6.30. The minimum absolute atomic E-state index is 0.0231. The number of aromatic nitrogens is 2. The molecule has 34 heavy (non-hydrogen) atoms. The minimum Gasteiger partial charge on any atom is -0.451 e. The van der Waals surface area contributed by atoms with Gasteiger partial charge in [0.15, 0.2) is 17.4 Å². The zero-order chi connectivity index (χ0) is 24.0. The third-order valence-electron chi connectivity index (χ3n) is 6.03. The largest absolute Gasteiger partial charge is 0.451 e. The number of amides is 1. The van der Waals surface area contributed by atoms with E-state index in [-0.39, 0.29) is 33.9 Å². The molecule has 0 aliphatic carbocycles. The predicted octanol–water partition coefficient (Wildman–Crippen LogP) is 5.13. The quantitative estimate of drug-likeness (QED) is 0.441. The molecular formula is C25H19ClFN5O2. The highest BCUT2D eigenvalue weighted by Gasteiger charge is 2.32. The van der Waals surface area contributed by atoms with Gasteiger partial charge in [-0.05, 0) is 48.0 Å². The Morgan fingerprint density at radius 2 is 2.06 bits per heavy atom. The smallest absolute Gasteiger partial charge is 0.227 e. The second-order valence-corrected chi connectivity index (χ2v) is 8.54. The van der Waals surface area contributed by atoms with Crippen molar-refractivity contribution in [1.82, 2.24) is 9.78 Å². The lowest BCUT2D eigenvalue weighted by Gasteiger charge is -2.18. The van der Waals surface area contributed by atoms with Crippen molar-refractivity contribution in [3.63, 3.8) is 0 Å². The van der Waals surface area contributed by atoms with Crippen molar-refractivity contribution >= 4 is 39.9 Å². The molecule has 5 rings (SSSR count). The first-order chi connectivity index (χ1) is 16.4. The van der Waals surface area contributed by atoms with Crippen LogP contribution in [0.15, 0.2) is 54.6 Å². The molecule has 1 fully saturated rings. The number of nitrogens with zero attached hydrogens (tertiary/aromatic N) is 4. The van der Waals surface area contributed by atoms with Crippen LogP contribution in [0.25, 0.3) is 10.9 Å². The number of hydrogen-bond acceptors (Lipinski definition) is 5. The lowest BCUT2D eigenvalue weighted by molar-refractivity contribution is -0.117. The molecule has 0 bridgehead atoms. The number of benzene rings is 3. The van der Waals surface area contributed by atoms with Crippen molar-refractivity contribution in [3.05, 3.63) is 76.6 Å². The number of nitriles is 1. The first kappa shape index (κ1) is 21.7. The van der Waals surface area contributed by atoms with Crippen LogP contribution in [0, 0.1) is 17.1 Å². The number of nitrogens with two attached hydrogens (primary N) is 1. The summed E-state index contributed by atoms with van der Waals surface area (Å²) < 4.78 is 21.7. The van der Waals surface area contributed by atoms with E-state index in [0.29, 0.717) is 18.8 Å². The summed E-state index contributed by atoms with van der Waals surface area (Å²) in [7, 11) is 1.82. The fourth-order valence-electron chi connectivity index (χ4n) is 4.29. The molecule has 2 N–H and O–H groups in total. The van der Waals surface area contributed by atoms with E-state index in [9.17, 15) is 14.4 Å². The van der Waals surface area contributed by atoms with Crippen LogP contribution in [0.2, 0.25) is 5.02 Å². The lowest BCUT2D eigenvalue weighted by atomic mass is 9.98. The molecule has 0 spiro atoms. The fraction of sp³-hybridized carbons (Fsp3) is 0.160. The van der Waals surface area contributed by atoms with Gasteiger partial charge in [0.25, 0.3) is 0 Å². The number of fused-ring (bicyclic) bond motifs is 1. The Labute approximate surface area is 199 Å². The molecule has 170 valence electrons. The van der Waals surface area contributed by atoms with Crippen molar-refractivity contribution in [1.29, 1.82) is 5.26 Å². The average Bonchev–Trinajstić information content (AvgIpc) is 3.35. The minimum atomic E-state index is -0.659. The molecule has 1 aliphatic rings. The highest BCUT2D eigenvalue weighted by Crippen LogP contribution is 2.39. The number of para-hydroxylation sites is 1. The van der Waals surface area contributed by atoms with E-state index in [2.05, 4.69) is 5.10 Å². The molecule has 0 saturated carbocycles. The summed E-state index contributed by atoms with van der Waals surface area (Å²) in [6.45, 7) is 0.453. The van der Waals surface area contributed by atoms with Crippen LogP contribution in [0.4, 0.5) is 15.9 Å². The van der Waals surface area contributed by atoms with Crippen LogP contribution in [0.5, 0.6) is 11.5 Å². The standard InChI is InChI=1S/C25H19ClFN5O2/c1-31-21-8-6-17(11-18(21)25(29)30-31)32-13-16(10-23(32)33)14-5-7-19(26)22(9-14)34-24-15(12-28)3-2-4-20(24)27/h2-9,11,16H,10,13H2,1H3,(H2,29,30)/t16-/m0/s1. The van der Waals surface area contributed by atoms with Gasteiger partial charge in [0.2, 0.25) is 5.91 Å². The van der Waals surface area contributed by atoms with E-state index in [1.54, 1.807) is 21.7 Å². The molecular weight excluding hydrogens is 457 g/mol. The number of anilines is 2. The number of nitrogen functional groups attached to an aromatic ring is 1. The van der Waals surface area contributed by atoms with Crippen molar-refractivity contribution in [3.8, 4) is 17.6 Å². The van der Waals surface area contributed by atoms with Crippen molar-refractivity contribution in [2.24, 2.45) is 7.05 Å². The van der Waals surface area contributed by atoms with Crippen LogP contribution in [-0.4, -0.2) is 22.2 Å². The van der Waals surface area contributed by atoms with Crippen LogP contribution in [-0.2, 0) is 11.8 Å². The van der Waals surface area contributed by atoms with Gasteiger partial charge >= 0.3 is 0 Å². The van der Waals surface area contributed by atoms with Gasteiger partial charge in [-0.1, -0.05) is 23.7 Å². The predicted molar refractivity (Wildman–Crippen MR) is 127 cm³/mol. The van der Waals surface area contributed by atoms with E-state index < -0.39 is 5.82 Å². The Hall–Kier alpha value is -4.09. The van der Waals surface area contributed by atoms with Gasteiger partial charge in [-0.25, -0.2) is 4.39 Å². The summed E-state index contributed by atoms with van der Waals surface area (Å²) in [6.07, 6.45) is 0.296. The van der Waals surface area contributed by atoms with Gasteiger partial charge < -0.3 is 15.4 Å². The van der Waals surface area contributed by atoms with E-state index in [4.69, 9.17) is 22.1 Å². The van der Waals surface area contributed by atoms with Crippen LogP contribution in [0.3, 0.4) is 0 Å². The molecule has 9 heteroatoms. The molecule has 3 aromatic carbocycles. The first-order valence-corrected chi connectivity index (χ1v) is 10.9. The molecule has 2 heterocycles. The topological polar surface area (TPSA) is 97.2 Å². The number of rotatable bonds is 4. The Balaban J connectivity index is 1.43. The Morgan fingerprint density at radius 3 is 2.85 bits per heavy atom. The van der Waals surface area contributed by atoms with Gasteiger partial charge in [-0.15, -0.1) is 0 Å². The lowest BCUT2D eigenvalue weighted by Crippen LogP contribution is -2.24. The molecule has 4 aromatic rings. The van der Waals surface area contributed by atoms with E-state index in [0.717, 1.165) is 22.2 Å². The highest BCUT2D eigenvalue weighted by atomic mass is 35.5. The Kier molecular flexibility index (Phi) is 5.34. The van der Waals surface area contributed by atoms with Gasteiger partial charge in [0.05, 0.1) is 16.1 Å². The monoisotopic (exact) mass is 475 g/mol. The van der Waals surface area contributed by atoms with Gasteiger partial charge in [0, 0.05) is 37.0 Å². The summed E-state index contributed by atoms with van der Waals surface area (Å²) in [5.74, 6) is -0.360. The zero-order valence-electron chi connectivity index (χ0n) is 18.1. The molecule has 1 amide bonds. The summed E-state index contributed by atoms with van der Waals surface area (Å²) in [5, 5.41) is 14.6. The molecule has 1 atom stereocenters. The van der Waals surface area contributed by atoms with Crippen LogP contribution in [0.1, 0.15) is 23.5 Å². The van der Waals surface area contributed by atoms with Crippen LogP contribution >= 0.6 is 11.6 Å². The maximum atomic E-state index is 14.3. The van der Waals surface area contributed by atoms with Crippen LogP contribution < -0.4 is 15.4 Å². The highest BCUT2D eigenvalue weighted by molar-refractivity contribution is 6.32. The number of carbonyl (C=O) groups excluding carboxylic acids is 1. The van der Waals surface area contributed by atoms with E-state index >= 15 is 0 Å². The fourth-order valence-corrected chi connectivity index (χ4v) is 4.45. The Bertz CT molecular complexity index is 1490. The van der Waals surface area contributed by atoms with Gasteiger partial charge in [-0.2, -0.15) is 10.4 Å². The average molecular weight is 476 g/mol. The third-order valence-corrected chi connectivity index (χ3v) is 6.34. The summed E-state index contributed by atoms with van der Waals surface area (Å²) in [6, 6.07) is 16.8. The second-order valence-electron chi connectivity index (χ2n) is 8.14. The maximum absolute atomic E-state index is 14.3. The molecule has 1 aliphatic heterocycles. The molecule has 1 saturated heterocycles. The van der Waals surface area contributed by atoms with E-state index in [1.165, 1.54) is 18.2 Å². The molecule has 0 radical (unpaired) electrons. The molecule has 7 nitrogen and oxygen atoms in total. The number of aryl methyl sites for hydroxylation is 1. The second kappa shape index (κ2) is 8.36. The molecule has 1 aromatic heterocycles. The SMILES string of the molecule is Cn1nc(N)c2cc(N3C[C@@H](c4ccc(Cl)c(Oc5c(F)cccc5C#N)c4)CC3=O)ccc21. The number of hydrogen-bond donors (Lipinski definition) is 1. The molecule has 0 unspecified atom stereocenters. The first-order valence-electron chi connectivity index (χ1n) is 10.5. The van der Waals surface area contributed by atoms with E-state index in [1.807, 2.05) is 37.4 Å². The zero-order valence-corrected chi connectivity index (χ0v) is 18.9.